The topological polar surface area (TPSA) is 95.0 Å². The Balaban J connectivity index is 1.87. The Kier molecular flexibility index (Phi) is 4.74. The molecule has 0 saturated heterocycles. The second kappa shape index (κ2) is 7.51. The van der Waals surface area contributed by atoms with Crippen molar-refractivity contribution in [2.75, 3.05) is 19.1 Å². The highest BCUT2D eigenvalue weighted by Gasteiger charge is 2.46. The highest BCUT2D eigenvalue weighted by molar-refractivity contribution is 6.10. The number of anilines is 1. The molecule has 8 nitrogen and oxygen atoms in total. The van der Waals surface area contributed by atoms with Crippen molar-refractivity contribution in [3.8, 4) is 11.5 Å². The summed E-state index contributed by atoms with van der Waals surface area (Å²) in [4.78, 5) is 28.8. The van der Waals surface area contributed by atoms with Crippen LogP contribution in [-0.4, -0.2) is 25.3 Å². The summed E-state index contributed by atoms with van der Waals surface area (Å²) >= 11 is 0. The fourth-order valence-corrected chi connectivity index (χ4v) is 4.35. The van der Waals surface area contributed by atoms with E-state index in [1.165, 1.54) is 19.1 Å². The van der Waals surface area contributed by atoms with Crippen LogP contribution >= 0.6 is 0 Å². The molecule has 0 N–H and O–H groups in total. The van der Waals surface area contributed by atoms with Crippen LogP contribution in [0.15, 0.2) is 50.1 Å². The molecular formula is C25H22N2O6. The number of carbonyl (C=O) groups is 1. The summed E-state index contributed by atoms with van der Waals surface area (Å²) in [7, 11) is 3.04. The summed E-state index contributed by atoms with van der Waals surface area (Å²) < 4.78 is 22.4. The van der Waals surface area contributed by atoms with E-state index in [2.05, 4.69) is 5.16 Å². The molecule has 0 fully saturated rings. The van der Waals surface area contributed by atoms with Crippen LogP contribution in [0, 0.1) is 20.8 Å². The van der Waals surface area contributed by atoms with Gasteiger partial charge in [-0.2, -0.15) is 0 Å². The van der Waals surface area contributed by atoms with Crippen LogP contribution in [0.3, 0.4) is 0 Å². The number of hydrogen-bond acceptors (Lipinski definition) is 7. The molecule has 1 unspecified atom stereocenters. The molecule has 0 radical (unpaired) electrons. The van der Waals surface area contributed by atoms with Gasteiger partial charge >= 0.3 is 0 Å². The van der Waals surface area contributed by atoms with Crippen LogP contribution in [-0.2, 0) is 0 Å². The molecule has 1 aliphatic heterocycles. The zero-order chi connectivity index (χ0) is 23.4. The summed E-state index contributed by atoms with van der Waals surface area (Å²) in [5.74, 6) is 1.19. The molecule has 1 amide bonds. The number of ether oxygens (including phenoxy) is 2. The van der Waals surface area contributed by atoms with Crippen molar-refractivity contribution in [2.45, 2.75) is 26.8 Å². The van der Waals surface area contributed by atoms with Crippen molar-refractivity contribution >= 4 is 22.7 Å². The number of rotatable bonds is 4. The molecule has 0 spiro atoms. The van der Waals surface area contributed by atoms with E-state index in [0.29, 0.717) is 33.8 Å². The lowest BCUT2D eigenvalue weighted by atomic mass is 9.96. The van der Waals surface area contributed by atoms with Crippen molar-refractivity contribution in [1.29, 1.82) is 0 Å². The second-order valence-electron chi connectivity index (χ2n) is 8.06. The van der Waals surface area contributed by atoms with Gasteiger partial charge in [-0.25, -0.2) is 0 Å². The third kappa shape index (κ3) is 3.01. The van der Waals surface area contributed by atoms with Gasteiger partial charge in [0.15, 0.2) is 22.7 Å². The van der Waals surface area contributed by atoms with Crippen LogP contribution in [0.4, 0.5) is 5.82 Å². The Morgan fingerprint density at radius 1 is 1.00 bits per heavy atom. The SMILES string of the molecule is COc1cccc(C2c3c(oc4cc(C)c(C)cc4c3=O)C(=O)N2c2cc(C)on2)c1OC. The van der Waals surface area contributed by atoms with Gasteiger partial charge in [-0.05, 0) is 50.1 Å². The minimum atomic E-state index is -0.843. The fraction of sp³-hybridized carbons (Fsp3) is 0.240. The smallest absolute Gasteiger partial charge is 0.296 e. The molecule has 1 atom stereocenters. The summed E-state index contributed by atoms with van der Waals surface area (Å²) in [6.45, 7) is 5.59. The zero-order valence-electron chi connectivity index (χ0n) is 18.9. The lowest BCUT2D eigenvalue weighted by molar-refractivity contribution is 0.0969. The van der Waals surface area contributed by atoms with Gasteiger partial charge in [-0.1, -0.05) is 17.3 Å². The van der Waals surface area contributed by atoms with E-state index in [4.69, 9.17) is 18.4 Å². The second-order valence-corrected chi connectivity index (χ2v) is 8.06. The minimum absolute atomic E-state index is 0.0220. The number of para-hydroxylation sites is 1. The van der Waals surface area contributed by atoms with Crippen LogP contribution in [0.25, 0.3) is 11.0 Å². The Bertz CT molecular complexity index is 1480. The average molecular weight is 446 g/mol. The summed E-state index contributed by atoms with van der Waals surface area (Å²) in [6, 6.07) is 9.69. The van der Waals surface area contributed by atoms with Gasteiger partial charge in [0.25, 0.3) is 5.91 Å². The molecule has 8 heteroatoms. The summed E-state index contributed by atoms with van der Waals surface area (Å²) in [5, 5.41) is 4.46. The van der Waals surface area contributed by atoms with Crippen molar-refractivity contribution < 1.29 is 23.2 Å². The van der Waals surface area contributed by atoms with E-state index < -0.39 is 11.9 Å². The molecule has 0 aliphatic carbocycles. The van der Waals surface area contributed by atoms with E-state index >= 15 is 0 Å². The van der Waals surface area contributed by atoms with Crippen molar-refractivity contribution in [3.63, 3.8) is 0 Å². The number of aryl methyl sites for hydroxylation is 3. The molecule has 2 aromatic carbocycles. The van der Waals surface area contributed by atoms with Gasteiger partial charge in [-0.15, -0.1) is 0 Å². The van der Waals surface area contributed by atoms with E-state index in [1.807, 2.05) is 13.8 Å². The van der Waals surface area contributed by atoms with Crippen molar-refractivity contribution in [3.05, 3.63) is 80.4 Å². The number of nitrogens with zero attached hydrogens (tertiary/aromatic N) is 2. The van der Waals surface area contributed by atoms with Gasteiger partial charge in [0.1, 0.15) is 17.4 Å². The van der Waals surface area contributed by atoms with Gasteiger partial charge in [0.2, 0.25) is 5.76 Å². The number of carbonyl (C=O) groups excluding carboxylic acids is 1. The predicted octanol–water partition coefficient (Wildman–Crippen LogP) is 4.47. The maximum Gasteiger partial charge on any atom is 0.296 e. The van der Waals surface area contributed by atoms with Crippen molar-refractivity contribution in [2.24, 2.45) is 0 Å². The Hall–Kier alpha value is -4.07. The number of fused-ring (bicyclic) bond motifs is 2. The normalized spacial score (nSPS) is 15.2. The van der Waals surface area contributed by atoms with Crippen molar-refractivity contribution in [1.82, 2.24) is 5.16 Å². The fourth-order valence-electron chi connectivity index (χ4n) is 4.35. The molecule has 0 bridgehead atoms. The molecule has 4 aromatic rings. The van der Waals surface area contributed by atoms with Crippen LogP contribution in [0.1, 0.15) is 44.6 Å². The highest BCUT2D eigenvalue weighted by atomic mass is 16.5. The maximum atomic E-state index is 13.8. The van der Waals surface area contributed by atoms with Gasteiger partial charge in [-0.3, -0.25) is 14.5 Å². The first-order valence-electron chi connectivity index (χ1n) is 10.4. The molecule has 168 valence electrons. The Morgan fingerprint density at radius 3 is 2.42 bits per heavy atom. The summed E-state index contributed by atoms with van der Waals surface area (Å²) in [5.41, 5.74) is 2.80. The number of amides is 1. The number of hydrogen-bond donors (Lipinski definition) is 0. The predicted molar refractivity (Wildman–Crippen MR) is 121 cm³/mol. The first kappa shape index (κ1) is 20.8. The van der Waals surface area contributed by atoms with E-state index in [0.717, 1.165) is 11.1 Å². The molecular weight excluding hydrogens is 424 g/mol. The zero-order valence-corrected chi connectivity index (χ0v) is 18.9. The Morgan fingerprint density at radius 2 is 1.76 bits per heavy atom. The summed E-state index contributed by atoms with van der Waals surface area (Å²) in [6.07, 6.45) is 0. The number of methoxy groups -OCH3 is 2. The average Bonchev–Trinajstić information content (AvgIpc) is 3.35. The monoisotopic (exact) mass is 446 g/mol. The molecule has 0 saturated carbocycles. The molecule has 2 aromatic heterocycles. The lowest BCUT2D eigenvalue weighted by Crippen LogP contribution is -2.30. The third-order valence-corrected chi connectivity index (χ3v) is 6.08. The molecule has 33 heavy (non-hydrogen) atoms. The Labute approximate surface area is 189 Å². The standard InChI is InChI=1S/C25H22N2O6/c1-12-9-16-18(10-13(12)2)32-24-20(22(16)28)21(15-7-6-8-17(30-4)23(15)31-5)27(25(24)29)19-11-14(3)33-26-19/h6-11,21H,1-5H3. The van der Waals surface area contributed by atoms with Gasteiger partial charge < -0.3 is 18.4 Å². The molecule has 5 rings (SSSR count). The molecule has 1 aliphatic rings. The quantitative estimate of drug-likeness (QED) is 0.456. The third-order valence-electron chi connectivity index (χ3n) is 6.08. The van der Waals surface area contributed by atoms with Crippen LogP contribution < -0.4 is 19.8 Å². The largest absolute Gasteiger partial charge is 0.493 e. The van der Waals surface area contributed by atoms with Gasteiger partial charge in [0.05, 0.1) is 25.2 Å². The molecule has 3 heterocycles. The number of benzene rings is 2. The van der Waals surface area contributed by atoms with Crippen LogP contribution in [0.2, 0.25) is 0 Å². The van der Waals surface area contributed by atoms with E-state index in [9.17, 15) is 9.59 Å². The maximum absolute atomic E-state index is 13.8. The highest BCUT2D eigenvalue weighted by Crippen LogP contribution is 2.46. The first-order valence-corrected chi connectivity index (χ1v) is 10.4. The number of aromatic nitrogens is 1. The van der Waals surface area contributed by atoms with Crippen LogP contribution in [0.5, 0.6) is 11.5 Å². The van der Waals surface area contributed by atoms with Gasteiger partial charge in [0, 0.05) is 11.6 Å². The van der Waals surface area contributed by atoms with E-state index in [-0.39, 0.29) is 22.6 Å². The van der Waals surface area contributed by atoms with E-state index in [1.54, 1.807) is 43.3 Å². The first-order chi connectivity index (χ1) is 15.8. The minimum Gasteiger partial charge on any atom is -0.493 e. The lowest BCUT2D eigenvalue weighted by Gasteiger charge is -2.24.